The van der Waals surface area contributed by atoms with E-state index in [0.29, 0.717) is 11.1 Å². The number of hydrogen-bond acceptors (Lipinski definition) is 3. The maximum atomic E-state index is 13.0. The number of para-hydroxylation sites is 3. The third-order valence-corrected chi connectivity index (χ3v) is 4.55. The summed E-state index contributed by atoms with van der Waals surface area (Å²) < 4.78 is 0. The summed E-state index contributed by atoms with van der Waals surface area (Å²) in [5.41, 5.74) is 4.79. The van der Waals surface area contributed by atoms with E-state index >= 15 is 0 Å². The van der Waals surface area contributed by atoms with Gasteiger partial charge in [0.15, 0.2) is 5.78 Å². The summed E-state index contributed by atoms with van der Waals surface area (Å²) in [5, 5.41) is 3.42. The molecule has 4 rings (SSSR count). The summed E-state index contributed by atoms with van der Waals surface area (Å²) in [5.74, 6) is -0.0101. The van der Waals surface area contributed by atoms with Crippen LogP contribution in [-0.2, 0) is 0 Å². The van der Waals surface area contributed by atoms with E-state index in [0.717, 1.165) is 22.6 Å². The molecule has 0 unspecified atom stereocenters. The van der Waals surface area contributed by atoms with Crippen molar-refractivity contribution in [2.75, 3.05) is 5.32 Å². The maximum Gasteiger partial charge on any atom is 0.195 e. The Morgan fingerprint density at radius 2 is 1.24 bits per heavy atom. The van der Waals surface area contributed by atoms with Crippen LogP contribution in [0, 0.1) is 0 Å². The van der Waals surface area contributed by atoms with E-state index in [-0.39, 0.29) is 5.78 Å². The molecular formula is C26H20N2O. The molecule has 0 atom stereocenters. The van der Waals surface area contributed by atoms with Crippen molar-refractivity contribution in [1.82, 2.24) is 0 Å². The van der Waals surface area contributed by atoms with Crippen LogP contribution in [0.2, 0.25) is 0 Å². The normalized spacial score (nSPS) is 10.8. The van der Waals surface area contributed by atoms with E-state index in [1.165, 1.54) is 0 Å². The van der Waals surface area contributed by atoms with Crippen molar-refractivity contribution in [1.29, 1.82) is 0 Å². The average molecular weight is 376 g/mol. The van der Waals surface area contributed by atoms with Crippen molar-refractivity contribution < 1.29 is 4.79 Å². The highest BCUT2D eigenvalue weighted by Crippen LogP contribution is 2.25. The maximum absolute atomic E-state index is 13.0. The quantitative estimate of drug-likeness (QED) is 0.312. The van der Waals surface area contributed by atoms with Crippen LogP contribution in [0.5, 0.6) is 0 Å². The lowest BCUT2D eigenvalue weighted by atomic mass is 10.0. The van der Waals surface area contributed by atoms with Crippen LogP contribution in [-0.4, -0.2) is 12.0 Å². The first kappa shape index (κ1) is 18.4. The number of benzene rings is 4. The molecule has 3 nitrogen and oxygen atoms in total. The van der Waals surface area contributed by atoms with E-state index < -0.39 is 0 Å². The van der Waals surface area contributed by atoms with E-state index in [1.807, 2.05) is 115 Å². The van der Waals surface area contributed by atoms with Gasteiger partial charge in [-0.05, 0) is 30.3 Å². The Labute approximate surface area is 170 Å². The molecule has 0 bridgehead atoms. The summed E-state index contributed by atoms with van der Waals surface area (Å²) in [6, 6.07) is 34.6. The zero-order chi connectivity index (χ0) is 19.9. The van der Waals surface area contributed by atoms with Gasteiger partial charge in [-0.15, -0.1) is 0 Å². The fourth-order valence-electron chi connectivity index (χ4n) is 3.06. The molecule has 4 aromatic rings. The van der Waals surface area contributed by atoms with E-state index in [2.05, 4.69) is 10.3 Å². The molecule has 0 heterocycles. The summed E-state index contributed by atoms with van der Waals surface area (Å²) in [6.07, 6.45) is 1.83. The first-order chi connectivity index (χ1) is 14.3. The van der Waals surface area contributed by atoms with Crippen molar-refractivity contribution in [3.63, 3.8) is 0 Å². The average Bonchev–Trinajstić information content (AvgIpc) is 2.80. The summed E-state index contributed by atoms with van der Waals surface area (Å²) >= 11 is 0. The lowest BCUT2D eigenvalue weighted by Gasteiger charge is -2.13. The number of nitrogens with one attached hydrogen (secondary N) is 1. The molecule has 4 aromatic carbocycles. The number of ketones is 1. The molecule has 140 valence electrons. The molecule has 0 aliphatic heterocycles. The van der Waals surface area contributed by atoms with Crippen LogP contribution < -0.4 is 5.32 Å². The first-order valence-electron chi connectivity index (χ1n) is 9.45. The lowest BCUT2D eigenvalue weighted by molar-refractivity contribution is 0.103. The Balaban J connectivity index is 1.64. The van der Waals surface area contributed by atoms with Crippen molar-refractivity contribution >= 4 is 29.1 Å². The van der Waals surface area contributed by atoms with Gasteiger partial charge in [0.25, 0.3) is 0 Å². The van der Waals surface area contributed by atoms with Crippen LogP contribution in [0.1, 0.15) is 21.5 Å². The minimum Gasteiger partial charge on any atom is -0.354 e. The first-order valence-corrected chi connectivity index (χ1v) is 9.45. The number of carbonyl (C=O) groups is 1. The van der Waals surface area contributed by atoms with Crippen molar-refractivity contribution in [3.8, 4) is 0 Å². The molecule has 0 spiro atoms. The van der Waals surface area contributed by atoms with Gasteiger partial charge < -0.3 is 5.32 Å². The second kappa shape index (κ2) is 8.81. The number of hydrogen-bond donors (Lipinski definition) is 1. The molecule has 0 aromatic heterocycles. The van der Waals surface area contributed by atoms with Gasteiger partial charge in [-0.2, -0.15) is 0 Å². The molecule has 0 radical (unpaired) electrons. The van der Waals surface area contributed by atoms with Crippen LogP contribution in [0.3, 0.4) is 0 Å². The molecule has 0 saturated carbocycles. The third-order valence-electron chi connectivity index (χ3n) is 4.55. The van der Waals surface area contributed by atoms with Crippen LogP contribution in [0.15, 0.2) is 114 Å². The number of aliphatic imine (C=N–C) groups is 1. The zero-order valence-electron chi connectivity index (χ0n) is 15.8. The Hall–Kier alpha value is -3.98. The highest BCUT2D eigenvalue weighted by molar-refractivity contribution is 6.12. The molecule has 0 amide bonds. The molecule has 0 aliphatic rings. The van der Waals surface area contributed by atoms with Crippen LogP contribution in [0.4, 0.5) is 17.1 Å². The second-order valence-electron chi connectivity index (χ2n) is 6.55. The number of rotatable bonds is 6. The zero-order valence-corrected chi connectivity index (χ0v) is 15.8. The van der Waals surface area contributed by atoms with Gasteiger partial charge in [0.2, 0.25) is 0 Å². The number of nitrogens with zero attached hydrogens (tertiary/aromatic N) is 1. The smallest absolute Gasteiger partial charge is 0.195 e. The molecule has 29 heavy (non-hydrogen) atoms. The molecular weight excluding hydrogens is 356 g/mol. The molecule has 0 fully saturated rings. The van der Waals surface area contributed by atoms with Gasteiger partial charge in [-0.1, -0.05) is 78.9 Å². The van der Waals surface area contributed by atoms with Gasteiger partial charge in [0, 0.05) is 34.3 Å². The van der Waals surface area contributed by atoms with Gasteiger partial charge in [-0.3, -0.25) is 9.79 Å². The standard InChI is InChI=1S/C26H20N2O/c29-26(20-11-3-1-4-12-20)23-16-8-10-18-25(23)28-24-17-9-7-13-21(24)19-27-22-14-5-2-6-15-22/h1-19,28H. The Morgan fingerprint density at radius 3 is 2.00 bits per heavy atom. The number of anilines is 2. The fraction of sp³-hybridized carbons (Fsp3) is 0. The largest absolute Gasteiger partial charge is 0.354 e. The van der Waals surface area contributed by atoms with E-state index in [1.54, 1.807) is 0 Å². The van der Waals surface area contributed by atoms with Gasteiger partial charge in [0.1, 0.15) is 0 Å². The fourth-order valence-corrected chi connectivity index (χ4v) is 3.06. The van der Waals surface area contributed by atoms with Crippen molar-refractivity contribution in [2.24, 2.45) is 4.99 Å². The summed E-state index contributed by atoms with van der Waals surface area (Å²) in [6.45, 7) is 0. The van der Waals surface area contributed by atoms with Gasteiger partial charge in [0.05, 0.1) is 5.69 Å². The molecule has 0 aliphatic carbocycles. The summed E-state index contributed by atoms with van der Waals surface area (Å²) in [4.78, 5) is 17.5. The minimum atomic E-state index is -0.0101. The summed E-state index contributed by atoms with van der Waals surface area (Å²) in [7, 11) is 0. The molecule has 0 saturated heterocycles. The monoisotopic (exact) mass is 376 g/mol. The molecule has 1 N–H and O–H groups in total. The molecule has 3 heteroatoms. The third kappa shape index (κ3) is 4.47. The van der Waals surface area contributed by atoms with Crippen LogP contribution >= 0.6 is 0 Å². The SMILES string of the molecule is O=C(c1ccccc1)c1ccccc1Nc1ccccc1C=Nc1ccccc1. The predicted octanol–water partition coefficient (Wildman–Crippen LogP) is 6.41. The van der Waals surface area contributed by atoms with Crippen molar-refractivity contribution in [2.45, 2.75) is 0 Å². The Morgan fingerprint density at radius 1 is 0.655 bits per heavy atom. The highest BCUT2D eigenvalue weighted by atomic mass is 16.1. The van der Waals surface area contributed by atoms with E-state index in [9.17, 15) is 4.79 Å². The van der Waals surface area contributed by atoms with Crippen LogP contribution in [0.25, 0.3) is 0 Å². The van der Waals surface area contributed by atoms with Crippen molar-refractivity contribution in [3.05, 3.63) is 126 Å². The van der Waals surface area contributed by atoms with E-state index in [4.69, 9.17) is 0 Å². The number of carbonyl (C=O) groups excluding carboxylic acids is 1. The van der Waals surface area contributed by atoms with Gasteiger partial charge in [-0.25, -0.2) is 0 Å². The van der Waals surface area contributed by atoms with Gasteiger partial charge >= 0.3 is 0 Å². The minimum absolute atomic E-state index is 0.0101. The lowest BCUT2D eigenvalue weighted by Crippen LogP contribution is -2.06. The Bertz CT molecular complexity index is 1140. The highest BCUT2D eigenvalue weighted by Gasteiger charge is 2.13. The predicted molar refractivity (Wildman–Crippen MR) is 120 cm³/mol. The Kier molecular flexibility index (Phi) is 5.58. The topological polar surface area (TPSA) is 41.5 Å². The second-order valence-corrected chi connectivity index (χ2v) is 6.55.